The maximum atomic E-state index is 0. The average Bonchev–Trinajstić information content (AvgIpc) is 0. The fourth-order valence-corrected chi connectivity index (χ4v) is 0. The molecule has 0 atom stereocenters. The maximum absolute atomic E-state index is 0. The molecule has 0 fully saturated rings. The summed E-state index contributed by atoms with van der Waals surface area (Å²) in [6.45, 7) is 0. The Morgan fingerprint density at radius 2 is 0.364 bits per heavy atom. The average molecular weight is 541 g/mol. The Morgan fingerprint density at radius 1 is 0.364 bits per heavy atom. The fraction of sp³-hybridized carbons (Fsp3) is 0. The molecule has 5 nitrogen and oxygen atoms in total. The Balaban J connectivity index is 0. The van der Waals surface area contributed by atoms with Crippen LogP contribution in [0.1, 0.15) is 0 Å². The van der Waals surface area contributed by atoms with Crippen LogP contribution >= 0.6 is 0 Å². The van der Waals surface area contributed by atoms with Crippen molar-refractivity contribution in [1.82, 2.24) is 0 Å². The van der Waals surface area contributed by atoms with Crippen molar-refractivity contribution in [3.05, 3.63) is 0 Å². The van der Waals surface area contributed by atoms with E-state index in [4.69, 9.17) is 0 Å². The summed E-state index contributed by atoms with van der Waals surface area (Å²) in [4.78, 5) is 0. The van der Waals surface area contributed by atoms with Crippen LogP contribution in [0.2, 0.25) is 0 Å². The number of rotatable bonds is 0. The second-order valence-corrected chi connectivity index (χ2v) is 0. The predicted octanol–water partition coefficient (Wildman–Crippen LogP) is -2.44. The Morgan fingerprint density at radius 3 is 0.364 bits per heavy atom. The van der Waals surface area contributed by atoms with Crippen LogP contribution in [0, 0.1) is 0 Å². The van der Waals surface area contributed by atoms with Crippen molar-refractivity contribution in [2.45, 2.75) is 0 Å². The van der Waals surface area contributed by atoms with Crippen molar-refractivity contribution in [3.63, 3.8) is 0 Å². The third kappa shape index (κ3) is 91.1. The molecular weight excluding hydrogens is 537 g/mol. The van der Waals surface area contributed by atoms with E-state index in [0.29, 0.717) is 0 Å². The molecule has 56 valence electrons. The van der Waals surface area contributed by atoms with Gasteiger partial charge in [-0.15, -0.1) is 0 Å². The van der Waals surface area contributed by atoms with E-state index < -0.39 is 0 Å². The third-order valence-electron chi connectivity index (χ3n) is 0. The minimum atomic E-state index is 0. The second-order valence-electron chi connectivity index (χ2n) is 0. The minimum Gasteiger partial charge on any atom is 0 e. The molecule has 0 heterocycles. The predicted molar refractivity (Wildman–Crippen MR) is 20.5 cm³/mol. The van der Waals surface area contributed by atoms with E-state index in [-0.39, 0.29) is 207 Å². The van der Waals surface area contributed by atoms with Gasteiger partial charge in [-0.05, 0) is 0 Å². The first-order valence-corrected chi connectivity index (χ1v) is 0. The van der Waals surface area contributed by atoms with E-state index in [1.165, 1.54) is 0 Å². The van der Waals surface area contributed by atoms with Gasteiger partial charge in [-0.2, -0.15) is 0 Å². The molecule has 11 heavy (non-hydrogen) atoms. The van der Waals surface area contributed by atoms with Crippen LogP contribution in [0.25, 0.3) is 0 Å². The molecule has 0 aromatic carbocycles. The fourth-order valence-electron chi connectivity index (χ4n) is 0. The maximum Gasteiger partial charge on any atom is 0 e. The molecule has 0 aromatic rings. The zero-order valence-corrected chi connectivity index (χ0v) is 11.5. The van der Waals surface area contributed by atoms with Gasteiger partial charge in [0.05, 0.1) is 0 Å². The summed E-state index contributed by atoms with van der Waals surface area (Å²) >= 11 is 0. The van der Waals surface area contributed by atoms with Crippen molar-refractivity contribution in [2.24, 2.45) is 0 Å². The topological polar surface area (TPSA) is 142 Å². The van der Waals surface area contributed by atoms with Gasteiger partial charge in [0.25, 0.3) is 0 Å². The summed E-state index contributed by atoms with van der Waals surface area (Å²) in [5.41, 5.74) is 0. The van der Waals surface area contributed by atoms with Crippen LogP contribution in [0.15, 0.2) is 0 Å². The molecule has 0 unspecified atom stereocenters. The monoisotopic (exact) mass is 542 g/mol. The van der Waals surface area contributed by atoms with Gasteiger partial charge in [0.2, 0.25) is 0 Å². The molecule has 0 bridgehead atoms. The van der Waals surface area contributed by atoms with Gasteiger partial charge < -0.3 is 27.4 Å². The summed E-state index contributed by atoms with van der Waals surface area (Å²) in [5.74, 6) is 0. The van der Waals surface area contributed by atoms with E-state index in [1.807, 2.05) is 0 Å². The molecule has 0 spiro atoms. The molecule has 0 rings (SSSR count). The molecule has 0 saturated carbocycles. The molecule has 0 saturated heterocycles. The smallest absolute Gasteiger partial charge is 0 e. The van der Waals surface area contributed by atoms with Gasteiger partial charge in [-0.3, -0.25) is 0 Å². The van der Waals surface area contributed by atoms with Crippen LogP contribution in [0.3, 0.4) is 0 Å². The zero-order chi connectivity index (χ0) is 0. The molecule has 0 aliphatic heterocycles. The first-order valence-electron chi connectivity index (χ1n) is 0. The van der Waals surface area contributed by atoms with Crippen molar-refractivity contribution >= 4 is 91.0 Å². The Labute approximate surface area is 201 Å². The van der Waals surface area contributed by atoms with Crippen LogP contribution in [0.4, 0.5) is 0 Å². The van der Waals surface area contributed by atoms with Crippen molar-refractivity contribution in [1.29, 1.82) is 0 Å². The Hall–Kier alpha value is 5.67. The summed E-state index contributed by atoms with van der Waals surface area (Å²) in [7, 11) is 0. The van der Waals surface area contributed by atoms with Crippen molar-refractivity contribution in [3.8, 4) is 0 Å². The SMILES string of the molecule is [Nb+5].[Nb+5].[O-2].[O-2].[O-2].[O-2].[O-2].[SrH2].[SrH2].[Ti].[Ti]. The van der Waals surface area contributed by atoms with E-state index in [0.717, 1.165) is 0 Å². The van der Waals surface area contributed by atoms with Gasteiger partial charge in [-0.1, -0.05) is 0 Å². The quantitative estimate of drug-likeness (QED) is 0.301. The molecule has 0 radical (unpaired) electrons. The second kappa shape index (κ2) is 105. The largest absolute Gasteiger partial charge is 0 e. The van der Waals surface area contributed by atoms with Crippen LogP contribution in [-0.4, -0.2) is 91.0 Å². The van der Waals surface area contributed by atoms with E-state index in [2.05, 4.69) is 0 Å². The molecule has 0 aliphatic carbocycles. The summed E-state index contributed by atoms with van der Waals surface area (Å²) in [6, 6.07) is 0. The Kier molecular flexibility index (Phi) is 1210. The first-order chi connectivity index (χ1) is 0. The summed E-state index contributed by atoms with van der Waals surface area (Å²) in [6.07, 6.45) is 0. The number of hydrogen-bond acceptors (Lipinski definition) is 0. The van der Waals surface area contributed by atoms with Gasteiger partial charge in [0.15, 0.2) is 0 Å². The molecule has 0 amide bonds. The molecule has 0 aliphatic rings. The van der Waals surface area contributed by atoms with Gasteiger partial charge in [0.1, 0.15) is 0 Å². The summed E-state index contributed by atoms with van der Waals surface area (Å²) < 4.78 is 0. The third-order valence-corrected chi connectivity index (χ3v) is 0. The van der Waals surface area contributed by atoms with E-state index in [9.17, 15) is 0 Å². The molecule has 11 heteroatoms. The van der Waals surface area contributed by atoms with Crippen LogP contribution < -0.4 is 0 Å². The van der Waals surface area contributed by atoms with Crippen LogP contribution in [-0.2, 0) is 116 Å². The first kappa shape index (κ1) is 127. The van der Waals surface area contributed by atoms with Crippen molar-refractivity contribution in [2.75, 3.05) is 0 Å². The van der Waals surface area contributed by atoms with Crippen LogP contribution in [0.5, 0.6) is 0 Å². The van der Waals surface area contributed by atoms with Gasteiger partial charge in [0, 0.05) is 43.4 Å². The van der Waals surface area contributed by atoms with Gasteiger partial charge >= 0.3 is 136 Å². The zero-order valence-electron chi connectivity index (χ0n) is 3.94. The molecule has 0 N–H and O–H groups in total. The normalized spacial score (nSPS) is 0. The van der Waals surface area contributed by atoms with E-state index >= 15 is 0 Å². The number of hydrogen-bond donors (Lipinski definition) is 0. The minimum absolute atomic E-state index is 0. The molecular formula is H4Nb2O5Sr2Ti2. The molecule has 0 aromatic heterocycles. The van der Waals surface area contributed by atoms with Gasteiger partial charge in [-0.25, -0.2) is 0 Å². The van der Waals surface area contributed by atoms with E-state index in [1.54, 1.807) is 0 Å². The standard InChI is InChI=1S/2Nb.5O.2Sr.2Ti.4H/q2*+5;5*-2;;;;;;;;. The Bertz CT molecular complexity index is 20.4. The summed E-state index contributed by atoms with van der Waals surface area (Å²) in [5, 5.41) is 0. The van der Waals surface area contributed by atoms with Crippen molar-refractivity contribution < 1.29 is 116 Å².